The molecule has 2 atom stereocenters. The molecule has 4 heterocycles. The number of aliphatic hydroxyl groups is 1. The van der Waals surface area contributed by atoms with E-state index in [2.05, 4.69) is 38.8 Å². The van der Waals surface area contributed by atoms with E-state index in [9.17, 15) is 5.11 Å². The molecule has 1 aromatic heterocycles. The van der Waals surface area contributed by atoms with Crippen molar-refractivity contribution < 1.29 is 19.3 Å². The zero-order valence-electron chi connectivity index (χ0n) is 16.6. The van der Waals surface area contributed by atoms with E-state index in [1.165, 1.54) is 5.56 Å². The average Bonchev–Trinajstić information content (AvgIpc) is 3.42. The summed E-state index contributed by atoms with van der Waals surface area (Å²) in [6.45, 7) is 6.99. The molecule has 2 saturated heterocycles. The monoisotopic (exact) mass is 398 g/mol. The number of fused-ring (bicyclic) bond motifs is 1. The van der Waals surface area contributed by atoms with Crippen LogP contribution in [0.2, 0.25) is 0 Å². The van der Waals surface area contributed by atoms with E-state index >= 15 is 0 Å². The van der Waals surface area contributed by atoms with Crippen LogP contribution in [0.25, 0.3) is 0 Å². The standard InChI is InChI=1S/C21H26N4O4/c1-15(16-2-3-18-19(10-16)29-14-28-18)24-5-7-25(8-6-24)20-22-11-17(12-23-20)21(26)4-9-27-13-21/h2-3,10-12,15,26H,4-9,13-14H2,1H3. The Morgan fingerprint density at radius 1 is 1.07 bits per heavy atom. The molecule has 0 saturated carbocycles. The molecule has 1 aromatic carbocycles. The largest absolute Gasteiger partial charge is 0.454 e. The smallest absolute Gasteiger partial charge is 0.231 e. The first-order valence-electron chi connectivity index (χ1n) is 10.1. The number of hydrogen-bond donors (Lipinski definition) is 1. The molecule has 2 fully saturated rings. The van der Waals surface area contributed by atoms with Crippen molar-refractivity contribution in [3.63, 3.8) is 0 Å². The van der Waals surface area contributed by atoms with Crippen LogP contribution >= 0.6 is 0 Å². The maximum atomic E-state index is 10.6. The van der Waals surface area contributed by atoms with Crippen LogP contribution in [-0.4, -0.2) is 66.2 Å². The van der Waals surface area contributed by atoms with Gasteiger partial charge in [-0.2, -0.15) is 0 Å². The summed E-state index contributed by atoms with van der Waals surface area (Å²) < 4.78 is 16.2. The number of hydrogen-bond acceptors (Lipinski definition) is 8. The first-order chi connectivity index (χ1) is 14.1. The van der Waals surface area contributed by atoms with E-state index in [0.717, 1.165) is 43.2 Å². The molecule has 29 heavy (non-hydrogen) atoms. The SMILES string of the molecule is CC(c1ccc2c(c1)OCO2)N1CCN(c2ncc(C3(O)CCOC3)cn2)CC1. The fourth-order valence-electron chi connectivity index (χ4n) is 4.20. The fourth-order valence-corrected chi connectivity index (χ4v) is 4.20. The third-order valence-electron chi connectivity index (χ3n) is 6.20. The maximum absolute atomic E-state index is 10.6. The molecule has 0 amide bonds. The Bertz CT molecular complexity index is 861. The van der Waals surface area contributed by atoms with Crippen molar-refractivity contribution in [2.75, 3.05) is 51.1 Å². The van der Waals surface area contributed by atoms with Crippen molar-refractivity contribution >= 4 is 5.95 Å². The predicted octanol–water partition coefficient (Wildman–Crippen LogP) is 1.70. The number of benzene rings is 1. The zero-order valence-corrected chi connectivity index (χ0v) is 16.6. The van der Waals surface area contributed by atoms with Crippen LogP contribution in [-0.2, 0) is 10.3 Å². The van der Waals surface area contributed by atoms with Gasteiger partial charge in [-0.25, -0.2) is 9.97 Å². The van der Waals surface area contributed by atoms with Gasteiger partial charge in [-0.3, -0.25) is 4.90 Å². The second-order valence-corrected chi connectivity index (χ2v) is 7.92. The molecule has 5 rings (SSSR count). The lowest BCUT2D eigenvalue weighted by molar-refractivity contribution is 0.0226. The lowest BCUT2D eigenvalue weighted by Gasteiger charge is -2.38. The summed E-state index contributed by atoms with van der Waals surface area (Å²) >= 11 is 0. The summed E-state index contributed by atoms with van der Waals surface area (Å²) in [5.74, 6) is 2.36. The van der Waals surface area contributed by atoms with Gasteiger partial charge in [0.25, 0.3) is 0 Å². The Morgan fingerprint density at radius 2 is 1.83 bits per heavy atom. The Kier molecular flexibility index (Phi) is 4.77. The molecular formula is C21H26N4O4. The number of ether oxygens (including phenoxy) is 3. The fraction of sp³-hybridized carbons (Fsp3) is 0.524. The van der Waals surface area contributed by atoms with Crippen molar-refractivity contribution in [1.29, 1.82) is 0 Å². The molecule has 8 heteroatoms. The number of aromatic nitrogens is 2. The average molecular weight is 398 g/mol. The van der Waals surface area contributed by atoms with Gasteiger partial charge in [0.1, 0.15) is 5.60 Å². The van der Waals surface area contributed by atoms with E-state index in [4.69, 9.17) is 14.2 Å². The number of rotatable bonds is 4. The first kappa shape index (κ1) is 18.6. The van der Waals surface area contributed by atoms with Gasteiger partial charge in [-0.1, -0.05) is 6.07 Å². The van der Waals surface area contributed by atoms with Gasteiger partial charge in [0, 0.05) is 63.2 Å². The molecule has 3 aliphatic rings. The highest BCUT2D eigenvalue weighted by Crippen LogP contribution is 2.35. The van der Waals surface area contributed by atoms with Crippen LogP contribution in [0.5, 0.6) is 11.5 Å². The van der Waals surface area contributed by atoms with Crippen molar-refractivity contribution in [2.45, 2.75) is 25.0 Å². The number of nitrogens with zero attached hydrogens (tertiary/aromatic N) is 4. The van der Waals surface area contributed by atoms with Gasteiger partial charge in [0.2, 0.25) is 12.7 Å². The molecule has 3 aliphatic heterocycles. The van der Waals surface area contributed by atoms with Crippen LogP contribution in [0, 0.1) is 0 Å². The van der Waals surface area contributed by atoms with Crippen molar-refractivity contribution in [3.05, 3.63) is 41.7 Å². The minimum atomic E-state index is -0.947. The molecular weight excluding hydrogens is 372 g/mol. The second kappa shape index (κ2) is 7.44. The summed E-state index contributed by atoms with van der Waals surface area (Å²) in [6.07, 6.45) is 4.06. The first-order valence-corrected chi connectivity index (χ1v) is 10.1. The highest BCUT2D eigenvalue weighted by atomic mass is 16.7. The molecule has 0 bridgehead atoms. The van der Waals surface area contributed by atoms with Crippen LogP contribution < -0.4 is 14.4 Å². The van der Waals surface area contributed by atoms with Crippen molar-refractivity contribution in [3.8, 4) is 11.5 Å². The normalized spacial score (nSPS) is 25.4. The van der Waals surface area contributed by atoms with Crippen molar-refractivity contribution in [2.24, 2.45) is 0 Å². The van der Waals surface area contributed by atoms with Crippen LogP contribution in [0.4, 0.5) is 5.95 Å². The van der Waals surface area contributed by atoms with E-state index in [0.29, 0.717) is 38.4 Å². The van der Waals surface area contributed by atoms with Gasteiger partial charge >= 0.3 is 0 Å². The molecule has 2 aromatic rings. The molecule has 154 valence electrons. The predicted molar refractivity (Wildman–Crippen MR) is 106 cm³/mol. The van der Waals surface area contributed by atoms with Crippen LogP contribution in [0.3, 0.4) is 0 Å². The van der Waals surface area contributed by atoms with Gasteiger partial charge in [0.05, 0.1) is 6.61 Å². The number of piperazine rings is 1. The van der Waals surface area contributed by atoms with Crippen LogP contribution in [0.15, 0.2) is 30.6 Å². The summed E-state index contributed by atoms with van der Waals surface area (Å²) in [4.78, 5) is 13.7. The zero-order chi connectivity index (χ0) is 19.8. The highest BCUT2D eigenvalue weighted by molar-refractivity contribution is 5.45. The highest BCUT2D eigenvalue weighted by Gasteiger charge is 2.35. The molecule has 2 unspecified atom stereocenters. The number of anilines is 1. The molecule has 0 aliphatic carbocycles. The van der Waals surface area contributed by atoms with Gasteiger partial charge in [0.15, 0.2) is 11.5 Å². The Morgan fingerprint density at radius 3 is 2.55 bits per heavy atom. The minimum absolute atomic E-state index is 0.298. The maximum Gasteiger partial charge on any atom is 0.231 e. The summed E-state index contributed by atoms with van der Waals surface area (Å²) in [5, 5.41) is 10.6. The van der Waals surface area contributed by atoms with Crippen molar-refractivity contribution in [1.82, 2.24) is 14.9 Å². The molecule has 1 N–H and O–H groups in total. The molecule has 0 spiro atoms. The summed E-state index contributed by atoms with van der Waals surface area (Å²) in [5.41, 5.74) is 1.02. The van der Waals surface area contributed by atoms with E-state index < -0.39 is 5.60 Å². The lowest BCUT2D eigenvalue weighted by atomic mass is 9.96. The topological polar surface area (TPSA) is 80.2 Å². The Balaban J connectivity index is 1.21. The molecule has 0 radical (unpaired) electrons. The lowest BCUT2D eigenvalue weighted by Crippen LogP contribution is -2.47. The van der Waals surface area contributed by atoms with E-state index in [1.54, 1.807) is 12.4 Å². The third kappa shape index (κ3) is 3.52. The van der Waals surface area contributed by atoms with E-state index in [-0.39, 0.29) is 0 Å². The minimum Gasteiger partial charge on any atom is -0.454 e. The summed E-state index contributed by atoms with van der Waals surface area (Å²) in [7, 11) is 0. The van der Waals surface area contributed by atoms with Gasteiger partial charge < -0.3 is 24.2 Å². The van der Waals surface area contributed by atoms with Crippen LogP contribution in [0.1, 0.15) is 30.5 Å². The quantitative estimate of drug-likeness (QED) is 0.834. The summed E-state index contributed by atoms with van der Waals surface area (Å²) in [6, 6.07) is 6.48. The molecule has 8 nitrogen and oxygen atoms in total. The third-order valence-corrected chi connectivity index (χ3v) is 6.20. The second-order valence-electron chi connectivity index (χ2n) is 7.92. The van der Waals surface area contributed by atoms with Gasteiger partial charge in [-0.05, 0) is 24.6 Å². The van der Waals surface area contributed by atoms with Gasteiger partial charge in [-0.15, -0.1) is 0 Å². The Hall–Kier alpha value is -2.42. The van der Waals surface area contributed by atoms with E-state index in [1.807, 2.05) is 6.07 Å². The Labute approximate surface area is 170 Å².